The van der Waals surface area contributed by atoms with Gasteiger partial charge < -0.3 is 5.32 Å². The van der Waals surface area contributed by atoms with Crippen LogP contribution in [-0.4, -0.2) is 7.05 Å². The van der Waals surface area contributed by atoms with Crippen molar-refractivity contribution in [2.75, 3.05) is 7.05 Å². The molecule has 0 aliphatic rings. The number of halogens is 2. The third-order valence-electron chi connectivity index (χ3n) is 2.60. The summed E-state index contributed by atoms with van der Waals surface area (Å²) in [5, 5.41) is 4.08. The first-order valence-electron chi connectivity index (χ1n) is 5.42. The first-order chi connectivity index (χ1) is 7.69. The van der Waals surface area contributed by atoms with E-state index in [2.05, 4.69) is 40.0 Å². The molecule has 1 N–H and O–H groups in total. The Morgan fingerprint density at radius 1 is 1.56 bits per heavy atom. The normalized spacial score (nSPS) is 12.4. The van der Waals surface area contributed by atoms with Gasteiger partial charge in [-0.25, -0.2) is 0 Å². The van der Waals surface area contributed by atoms with Crippen molar-refractivity contribution in [3.63, 3.8) is 0 Å². The van der Waals surface area contributed by atoms with Gasteiger partial charge in [0.1, 0.15) is 0 Å². The molecule has 1 unspecified atom stereocenters. The Kier molecular flexibility index (Phi) is 6.10. The van der Waals surface area contributed by atoms with Crippen molar-refractivity contribution >= 4 is 27.5 Å². The number of unbranched alkanes of at least 4 members (excludes halogenated alkanes) is 1. The van der Waals surface area contributed by atoms with Gasteiger partial charge in [-0.2, -0.15) is 0 Å². The number of rotatable bonds is 6. The fourth-order valence-corrected chi connectivity index (χ4v) is 2.19. The predicted molar refractivity (Wildman–Crippen MR) is 75.0 cm³/mol. The molecule has 1 atom stereocenters. The minimum absolute atomic E-state index is 0.383. The van der Waals surface area contributed by atoms with E-state index in [1.165, 1.54) is 5.56 Å². The highest BCUT2D eigenvalue weighted by atomic mass is 79.9. The molecule has 1 nitrogen and oxygen atoms in total. The van der Waals surface area contributed by atoms with Crippen molar-refractivity contribution in [1.29, 1.82) is 0 Å². The Labute approximate surface area is 111 Å². The molecule has 0 heterocycles. The molecule has 0 fully saturated rings. The Morgan fingerprint density at radius 2 is 2.31 bits per heavy atom. The van der Waals surface area contributed by atoms with E-state index in [0.717, 1.165) is 28.8 Å². The van der Waals surface area contributed by atoms with Crippen molar-refractivity contribution in [3.05, 3.63) is 45.9 Å². The first kappa shape index (κ1) is 13.8. The third kappa shape index (κ3) is 3.93. The third-order valence-corrected chi connectivity index (χ3v) is 3.81. The van der Waals surface area contributed by atoms with Crippen LogP contribution in [0.4, 0.5) is 0 Å². The minimum Gasteiger partial charge on any atom is -0.313 e. The van der Waals surface area contributed by atoms with Gasteiger partial charge in [-0.3, -0.25) is 0 Å². The summed E-state index contributed by atoms with van der Waals surface area (Å²) in [4.78, 5) is 0. The van der Waals surface area contributed by atoms with Crippen LogP contribution in [0.3, 0.4) is 0 Å². The van der Waals surface area contributed by atoms with Crippen LogP contribution >= 0.6 is 27.5 Å². The second-order valence-electron chi connectivity index (χ2n) is 3.73. The lowest BCUT2D eigenvalue weighted by atomic mass is 10.0. The van der Waals surface area contributed by atoms with E-state index >= 15 is 0 Å². The smallest absolute Gasteiger partial charge is 0.0548 e. The molecule has 0 saturated carbocycles. The maximum absolute atomic E-state index is 5.97. The van der Waals surface area contributed by atoms with Crippen molar-refractivity contribution in [3.8, 4) is 0 Å². The number of allylic oxidation sites excluding steroid dienone is 1. The molecule has 0 amide bonds. The Bertz CT molecular complexity index is 352. The van der Waals surface area contributed by atoms with Crippen molar-refractivity contribution in [2.24, 2.45) is 0 Å². The van der Waals surface area contributed by atoms with Crippen LogP contribution in [0.2, 0.25) is 5.02 Å². The number of hydrogen-bond acceptors (Lipinski definition) is 1. The fourth-order valence-electron chi connectivity index (χ4n) is 1.67. The zero-order chi connectivity index (χ0) is 12.0. The van der Waals surface area contributed by atoms with Crippen molar-refractivity contribution in [1.82, 2.24) is 5.32 Å². The molecule has 1 aromatic carbocycles. The minimum atomic E-state index is 0.383. The van der Waals surface area contributed by atoms with Gasteiger partial charge in [0, 0.05) is 10.5 Å². The van der Waals surface area contributed by atoms with E-state index in [1.807, 2.05) is 19.2 Å². The largest absolute Gasteiger partial charge is 0.313 e. The van der Waals surface area contributed by atoms with Crippen LogP contribution in [0.1, 0.15) is 30.9 Å². The molecule has 1 aromatic rings. The lowest BCUT2D eigenvalue weighted by Gasteiger charge is -2.16. The molecule has 3 heteroatoms. The van der Waals surface area contributed by atoms with E-state index in [-0.39, 0.29) is 0 Å². The highest BCUT2D eigenvalue weighted by molar-refractivity contribution is 9.10. The zero-order valence-electron chi connectivity index (χ0n) is 9.47. The summed E-state index contributed by atoms with van der Waals surface area (Å²) in [5.41, 5.74) is 1.27. The maximum atomic E-state index is 5.97. The quantitative estimate of drug-likeness (QED) is 0.592. The Hall–Kier alpha value is -0.310. The second-order valence-corrected chi connectivity index (χ2v) is 5.00. The van der Waals surface area contributed by atoms with Crippen LogP contribution < -0.4 is 5.32 Å². The lowest BCUT2D eigenvalue weighted by Crippen LogP contribution is -2.16. The Morgan fingerprint density at radius 3 is 2.88 bits per heavy atom. The molecular formula is C13H17BrClN. The monoisotopic (exact) mass is 301 g/mol. The van der Waals surface area contributed by atoms with Gasteiger partial charge in [0.05, 0.1) is 5.02 Å². The average molecular weight is 303 g/mol. The van der Waals surface area contributed by atoms with Gasteiger partial charge in [0.25, 0.3) is 0 Å². The lowest BCUT2D eigenvalue weighted by molar-refractivity contribution is 0.530. The highest BCUT2D eigenvalue weighted by Gasteiger charge is 2.09. The van der Waals surface area contributed by atoms with Gasteiger partial charge >= 0.3 is 0 Å². The highest BCUT2D eigenvalue weighted by Crippen LogP contribution is 2.27. The molecule has 0 aliphatic carbocycles. The van der Waals surface area contributed by atoms with Crippen LogP contribution in [0.5, 0.6) is 0 Å². The summed E-state index contributed by atoms with van der Waals surface area (Å²) in [7, 11) is 1.99. The molecule has 0 aliphatic heterocycles. The molecule has 0 aromatic heterocycles. The summed E-state index contributed by atoms with van der Waals surface area (Å²) >= 11 is 9.42. The van der Waals surface area contributed by atoms with Crippen LogP contribution in [0.15, 0.2) is 35.3 Å². The molecule has 0 spiro atoms. The molecule has 88 valence electrons. The van der Waals surface area contributed by atoms with Crippen LogP contribution in [0, 0.1) is 0 Å². The second kappa shape index (κ2) is 7.10. The van der Waals surface area contributed by atoms with Gasteiger partial charge in [0.15, 0.2) is 0 Å². The van der Waals surface area contributed by atoms with E-state index < -0.39 is 0 Å². The standard InChI is InChI=1S/C13H17BrClN/c1-3-4-5-6-13(16-2)10-7-8-12(15)11(14)9-10/h3,7-9,13,16H,1,4-6H2,2H3. The fraction of sp³-hybridized carbons (Fsp3) is 0.385. The van der Waals surface area contributed by atoms with Gasteiger partial charge in [0.2, 0.25) is 0 Å². The number of benzene rings is 1. The summed E-state index contributed by atoms with van der Waals surface area (Å²) in [5.74, 6) is 0. The first-order valence-corrected chi connectivity index (χ1v) is 6.59. The average Bonchev–Trinajstić information content (AvgIpc) is 2.29. The number of hydrogen-bond donors (Lipinski definition) is 1. The van der Waals surface area contributed by atoms with Crippen molar-refractivity contribution in [2.45, 2.75) is 25.3 Å². The van der Waals surface area contributed by atoms with Crippen LogP contribution in [-0.2, 0) is 0 Å². The summed E-state index contributed by atoms with van der Waals surface area (Å²) in [6, 6.07) is 6.46. The molecule has 16 heavy (non-hydrogen) atoms. The van der Waals surface area contributed by atoms with E-state index in [0.29, 0.717) is 6.04 Å². The molecule has 0 saturated heterocycles. The molecule has 1 rings (SSSR count). The van der Waals surface area contributed by atoms with Crippen LogP contribution in [0.25, 0.3) is 0 Å². The van der Waals surface area contributed by atoms with Gasteiger partial charge in [-0.1, -0.05) is 23.7 Å². The molecular weight excluding hydrogens is 286 g/mol. The van der Waals surface area contributed by atoms with E-state index in [4.69, 9.17) is 11.6 Å². The molecule has 0 bridgehead atoms. The number of nitrogens with one attached hydrogen (secondary N) is 1. The van der Waals surface area contributed by atoms with E-state index in [9.17, 15) is 0 Å². The molecule has 0 radical (unpaired) electrons. The summed E-state index contributed by atoms with van der Waals surface area (Å²) in [6.07, 6.45) is 5.28. The maximum Gasteiger partial charge on any atom is 0.0548 e. The summed E-state index contributed by atoms with van der Waals surface area (Å²) in [6.45, 7) is 3.74. The SMILES string of the molecule is C=CCCCC(NC)c1ccc(Cl)c(Br)c1. The Balaban J connectivity index is 2.70. The van der Waals surface area contributed by atoms with Crippen molar-refractivity contribution < 1.29 is 0 Å². The topological polar surface area (TPSA) is 12.0 Å². The summed E-state index contributed by atoms with van der Waals surface area (Å²) < 4.78 is 0.954. The van der Waals surface area contributed by atoms with Gasteiger partial charge in [-0.15, -0.1) is 6.58 Å². The van der Waals surface area contributed by atoms with E-state index in [1.54, 1.807) is 0 Å². The zero-order valence-corrected chi connectivity index (χ0v) is 11.8. The van der Waals surface area contributed by atoms with Gasteiger partial charge in [-0.05, 0) is 59.9 Å². The predicted octanol–water partition coefficient (Wildman–Crippen LogP) is 4.72.